The molecule has 136 valence electrons. The Balaban J connectivity index is 1.43. The van der Waals surface area contributed by atoms with Crippen molar-refractivity contribution in [2.45, 2.75) is 38.0 Å². The molecular formula is C20H24N4O2. The van der Waals surface area contributed by atoms with Gasteiger partial charge in [-0.2, -0.15) is 0 Å². The minimum Gasteiger partial charge on any atom is -0.495 e. The molecular weight excluding hydrogens is 328 g/mol. The van der Waals surface area contributed by atoms with Crippen LogP contribution in [0.1, 0.15) is 42.0 Å². The summed E-state index contributed by atoms with van der Waals surface area (Å²) in [5.41, 5.74) is 4.48. The lowest BCUT2D eigenvalue weighted by molar-refractivity contribution is 0.194. The molecule has 0 bridgehead atoms. The fourth-order valence-corrected chi connectivity index (χ4v) is 4.06. The summed E-state index contributed by atoms with van der Waals surface area (Å²) in [6.45, 7) is 1.47. The van der Waals surface area contributed by atoms with Crippen molar-refractivity contribution in [2.75, 3.05) is 25.5 Å². The van der Waals surface area contributed by atoms with E-state index in [0.29, 0.717) is 5.92 Å². The van der Waals surface area contributed by atoms with Crippen LogP contribution in [0.4, 0.5) is 10.5 Å². The van der Waals surface area contributed by atoms with Gasteiger partial charge < -0.3 is 15.0 Å². The highest BCUT2D eigenvalue weighted by atomic mass is 16.5. The Morgan fingerprint density at radius 3 is 2.81 bits per heavy atom. The van der Waals surface area contributed by atoms with Gasteiger partial charge in [0.2, 0.25) is 0 Å². The average Bonchev–Trinajstić information content (AvgIpc) is 3.18. The molecule has 2 aliphatic rings. The summed E-state index contributed by atoms with van der Waals surface area (Å²) in [7, 11) is 1.65. The molecule has 26 heavy (non-hydrogen) atoms. The number of hydrogen-bond acceptors (Lipinski definition) is 4. The van der Waals surface area contributed by atoms with Crippen LogP contribution >= 0.6 is 0 Å². The lowest BCUT2D eigenvalue weighted by atomic mass is 9.93. The Kier molecular flexibility index (Phi) is 4.73. The number of nitrogens with zero attached hydrogens (tertiary/aromatic N) is 3. The van der Waals surface area contributed by atoms with Gasteiger partial charge in [-0.1, -0.05) is 6.07 Å². The van der Waals surface area contributed by atoms with E-state index in [1.54, 1.807) is 19.6 Å². The van der Waals surface area contributed by atoms with Crippen molar-refractivity contribution in [3.05, 3.63) is 47.5 Å². The van der Waals surface area contributed by atoms with Crippen LogP contribution in [-0.2, 0) is 12.8 Å². The van der Waals surface area contributed by atoms with Crippen LogP contribution < -0.4 is 10.1 Å². The zero-order valence-electron chi connectivity index (χ0n) is 15.1. The summed E-state index contributed by atoms with van der Waals surface area (Å²) >= 11 is 0. The molecule has 1 aliphatic carbocycles. The number of methoxy groups -OCH3 is 1. The van der Waals surface area contributed by atoms with Crippen molar-refractivity contribution in [3.8, 4) is 5.75 Å². The van der Waals surface area contributed by atoms with Crippen LogP contribution in [0.25, 0.3) is 0 Å². The number of ether oxygens (including phenoxy) is 1. The number of hydrogen-bond donors (Lipinski definition) is 1. The van der Waals surface area contributed by atoms with Crippen LogP contribution in [0, 0.1) is 0 Å². The fourth-order valence-electron chi connectivity index (χ4n) is 4.06. The quantitative estimate of drug-likeness (QED) is 0.919. The Morgan fingerprint density at radius 2 is 2.08 bits per heavy atom. The number of aryl methyl sites for hydroxylation is 1. The van der Waals surface area contributed by atoms with Gasteiger partial charge in [0, 0.05) is 30.9 Å². The van der Waals surface area contributed by atoms with Gasteiger partial charge in [0.15, 0.2) is 0 Å². The average molecular weight is 352 g/mol. The minimum absolute atomic E-state index is 0.0373. The Hall–Kier alpha value is -2.63. The molecule has 1 aromatic heterocycles. The van der Waals surface area contributed by atoms with Crippen molar-refractivity contribution in [3.63, 3.8) is 0 Å². The second kappa shape index (κ2) is 7.32. The van der Waals surface area contributed by atoms with Crippen molar-refractivity contribution in [2.24, 2.45) is 0 Å². The largest absolute Gasteiger partial charge is 0.495 e. The first-order valence-electron chi connectivity index (χ1n) is 9.27. The zero-order valence-corrected chi connectivity index (χ0v) is 15.1. The normalized spacial score (nSPS) is 17.0. The van der Waals surface area contributed by atoms with Gasteiger partial charge in [0.05, 0.1) is 12.8 Å². The molecule has 2 amide bonds. The van der Waals surface area contributed by atoms with Crippen LogP contribution in [0.3, 0.4) is 0 Å². The molecule has 1 aromatic carbocycles. The number of aromatic nitrogens is 2. The molecule has 2 aromatic rings. The van der Waals surface area contributed by atoms with E-state index in [4.69, 9.17) is 4.74 Å². The number of fused-ring (bicyclic) bond motifs is 1. The van der Waals surface area contributed by atoms with E-state index in [2.05, 4.69) is 21.4 Å². The van der Waals surface area contributed by atoms with Crippen molar-refractivity contribution in [1.29, 1.82) is 0 Å². The predicted molar refractivity (Wildman–Crippen MR) is 99.6 cm³/mol. The molecule has 0 unspecified atom stereocenters. The molecule has 1 saturated heterocycles. The van der Waals surface area contributed by atoms with Gasteiger partial charge in [-0.25, -0.2) is 14.8 Å². The highest BCUT2D eigenvalue weighted by Crippen LogP contribution is 2.37. The summed E-state index contributed by atoms with van der Waals surface area (Å²) in [6, 6.07) is 6.01. The summed E-state index contributed by atoms with van der Waals surface area (Å²) < 4.78 is 5.49. The van der Waals surface area contributed by atoms with Gasteiger partial charge in [0.25, 0.3) is 0 Å². The zero-order chi connectivity index (χ0) is 17.9. The number of likely N-dealkylation sites (tertiary alicyclic amines) is 1. The second-order valence-electron chi connectivity index (χ2n) is 6.96. The molecule has 0 atom stereocenters. The van der Waals surface area contributed by atoms with E-state index >= 15 is 0 Å². The van der Waals surface area contributed by atoms with Crippen LogP contribution in [0.5, 0.6) is 5.75 Å². The lowest BCUT2D eigenvalue weighted by Crippen LogP contribution is -2.40. The molecule has 6 nitrogen and oxygen atoms in total. The predicted octanol–water partition coefficient (Wildman–Crippen LogP) is 3.39. The SMILES string of the molecule is COc1ccc2c(c1NC(=O)N1CCC(c3ccncn3)CC1)CCC2. The number of benzene rings is 1. The lowest BCUT2D eigenvalue weighted by Gasteiger charge is -2.32. The molecule has 2 heterocycles. The molecule has 0 spiro atoms. The number of nitrogens with one attached hydrogen (secondary N) is 1. The van der Waals surface area contributed by atoms with E-state index in [9.17, 15) is 4.79 Å². The third-order valence-electron chi connectivity index (χ3n) is 5.50. The first kappa shape index (κ1) is 16.8. The molecule has 1 N–H and O–H groups in total. The molecule has 1 aliphatic heterocycles. The van der Waals surface area contributed by atoms with E-state index in [1.165, 1.54) is 11.1 Å². The van der Waals surface area contributed by atoms with Gasteiger partial charge in [-0.3, -0.25) is 0 Å². The number of urea groups is 1. The molecule has 0 saturated carbocycles. The highest BCUT2D eigenvalue weighted by Gasteiger charge is 2.26. The Morgan fingerprint density at radius 1 is 1.23 bits per heavy atom. The van der Waals surface area contributed by atoms with Crippen LogP contribution in [-0.4, -0.2) is 41.1 Å². The number of rotatable bonds is 3. The molecule has 1 fully saturated rings. The Labute approximate surface area is 153 Å². The number of anilines is 1. The first-order valence-corrected chi connectivity index (χ1v) is 9.27. The molecule has 6 heteroatoms. The van der Waals surface area contributed by atoms with E-state index in [0.717, 1.165) is 62.3 Å². The monoisotopic (exact) mass is 352 g/mol. The number of piperidine rings is 1. The maximum absolute atomic E-state index is 12.8. The number of carbonyl (C=O) groups excluding carboxylic acids is 1. The summed E-state index contributed by atoms with van der Waals surface area (Å²) in [5.74, 6) is 1.15. The summed E-state index contributed by atoms with van der Waals surface area (Å²) in [6.07, 6.45) is 8.43. The fraction of sp³-hybridized carbons (Fsp3) is 0.450. The number of carbonyl (C=O) groups is 1. The van der Waals surface area contributed by atoms with Crippen molar-refractivity contribution in [1.82, 2.24) is 14.9 Å². The van der Waals surface area contributed by atoms with Crippen molar-refractivity contribution < 1.29 is 9.53 Å². The van der Waals surface area contributed by atoms with Gasteiger partial charge in [-0.15, -0.1) is 0 Å². The Bertz CT molecular complexity index is 786. The first-order chi connectivity index (χ1) is 12.8. The van der Waals surface area contributed by atoms with E-state index in [1.807, 2.05) is 17.0 Å². The van der Waals surface area contributed by atoms with Crippen molar-refractivity contribution >= 4 is 11.7 Å². The maximum Gasteiger partial charge on any atom is 0.321 e. The van der Waals surface area contributed by atoms with Crippen LogP contribution in [0.2, 0.25) is 0 Å². The second-order valence-corrected chi connectivity index (χ2v) is 6.96. The summed E-state index contributed by atoms with van der Waals surface area (Å²) in [5, 5.41) is 3.12. The summed E-state index contributed by atoms with van der Waals surface area (Å²) in [4.78, 5) is 23.0. The third-order valence-corrected chi connectivity index (χ3v) is 5.50. The van der Waals surface area contributed by atoms with Gasteiger partial charge in [-0.05, 0) is 55.4 Å². The van der Waals surface area contributed by atoms with Gasteiger partial charge in [0.1, 0.15) is 12.1 Å². The molecule has 4 rings (SSSR count). The van der Waals surface area contributed by atoms with Gasteiger partial charge >= 0.3 is 6.03 Å². The smallest absolute Gasteiger partial charge is 0.321 e. The number of amides is 2. The molecule has 0 radical (unpaired) electrons. The minimum atomic E-state index is -0.0373. The van der Waals surface area contributed by atoms with E-state index < -0.39 is 0 Å². The van der Waals surface area contributed by atoms with E-state index in [-0.39, 0.29) is 6.03 Å². The maximum atomic E-state index is 12.8. The standard InChI is InChI=1S/C20H24N4O2/c1-26-18-6-5-14-3-2-4-16(14)19(18)23-20(25)24-11-8-15(9-12-24)17-7-10-21-13-22-17/h5-7,10,13,15H,2-4,8-9,11-12H2,1H3,(H,23,25). The van der Waals surface area contributed by atoms with Crippen LogP contribution in [0.15, 0.2) is 30.7 Å². The third kappa shape index (κ3) is 3.23. The highest BCUT2D eigenvalue weighted by molar-refractivity contribution is 5.92. The topological polar surface area (TPSA) is 67.3 Å².